The number of carbonyl (C=O) groups is 2. The minimum absolute atomic E-state index is 0.0395. The van der Waals surface area contributed by atoms with Gasteiger partial charge in [-0.1, -0.05) is 30.0 Å². The maximum absolute atomic E-state index is 12.6. The first-order valence-corrected chi connectivity index (χ1v) is 12.7. The minimum Gasteiger partial charge on any atom is -0.332 e. The van der Waals surface area contributed by atoms with Gasteiger partial charge in [-0.2, -0.15) is 5.10 Å². The average molecular weight is 479 g/mol. The molecule has 9 nitrogen and oxygen atoms in total. The smallest absolute Gasteiger partial charge is 0.321 e. The van der Waals surface area contributed by atoms with Gasteiger partial charge in [0, 0.05) is 5.54 Å². The van der Waals surface area contributed by atoms with Gasteiger partial charge in [0.25, 0.3) is 5.56 Å². The van der Waals surface area contributed by atoms with E-state index in [0.29, 0.717) is 33.9 Å². The molecule has 4 aliphatic rings. The molecule has 4 aliphatic carbocycles. The number of urea groups is 1. The first-order chi connectivity index (χ1) is 16.5. The number of rotatable bonds is 5. The monoisotopic (exact) mass is 478 g/mol. The number of imide groups is 1. The van der Waals surface area contributed by atoms with Gasteiger partial charge in [-0.25, -0.2) is 14.5 Å². The highest BCUT2D eigenvalue weighted by Gasteiger charge is 2.51. The molecule has 10 heteroatoms. The van der Waals surface area contributed by atoms with Crippen molar-refractivity contribution in [2.75, 3.05) is 5.75 Å². The third-order valence-corrected chi connectivity index (χ3v) is 8.30. The van der Waals surface area contributed by atoms with Crippen molar-refractivity contribution in [2.45, 2.75) is 49.2 Å². The van der Waals surface area contributed by atoms with Crippen molar-refractivity contribution in [3.63, 3.8) is 0 Å². The second kappa shape index (κ2) is 8.26. The average Bonchev–Trinajstić information content (AvgIpc) is 3.21. The Morgan fingerprint density at radius 2 is 1.76 bits per heavy atom. The van der Waals surface area contributed by atoms with E-state index >= 15 is 0 Å². The van der Waals surface area contributed by atoms with E-state index in [1.165, 1.54) is 25.5 Å². The van der Waals surface area contributed by atoms with Crippen molar-refractivity contribution < 1.29 is 9.59 Å². The van der Waals surface area contributed by atoms with Gasteiger partial charge in [-0.05, 0) is 68.4 Å². The number of para-hydroxylation sites is 1. The van der Waals surface area contributed by atoms with Gasteiger partial charge in [-0.15, -0.1) is 0 Å². The van der Waals surface area contributed by atoms with E-state index in [9.17, 15) is 14.4 Å². The number of hydrogen-bond donors (Lipinski definition) is 3. The van der Waals surface area contributed by atoms with E-state index in [4.69, 9.17) is 0 Å². The SMILES string of the molecule is O=C(CSc1nc2c(cnn2-c2ccccc2)c(=O)[nH]1)NC(=O)NC12CC3CC(CC(C3)C1)C2. The van der Waals surface area contributed by atoms with Gasteiger partial charge in [0.05, 0.1) is 17.6 Å². The van der Waals surface area contributed by atoms with E-state index in [-0.39, 0.29) is 16.9 Å². The van der Waals surface area contributed by atoms with E-state index < -0.39 is 11.9 Å². The van der Waals surface area contributed by atoms with Gasteiger partial charge in [0.2, 0.25) is 5.91 Å². The summed E-state index contributed by atoms with van der Waals surface area (Å²) in [6.07, 6.45) is 8.41. The van der Waals surface area contributed by atoms with Crippen LogP contribution in [0.3, 0.4) is 0 Å². The van der Waals surface area contributed by atoms with Crippen LogP contribution in [0, 0.1) is 17.8 Å². The normalized spacial score (nSPS) is 27.1. The number of fused-ring (bicyclic) bond motifs is 1. The zero-order valence-electron chi connectivity index (χ0n) is 18.6. The number of aromatic amines is 1. The highest BCUT2D eigenvalue weighted by molar-refractivity contribution is 7.99. The van der Waals surface area contributed by atoms with Crippen LogP contribution in [0.5, 0.6) is 0 Å². The molecule has 3 N–H and O–H groups in total. The van der Waals surface area contributed by atoms with Crippen LogP contribution in [-0.4, -0.2) is 43.0 Å². The molecule has 3 aromatic rings. The summed E-state index contributed by atoms with van der Waals surface area (Å²) < 4.78 is 1.59. The number of thioether (sulfide) groups is 1. The molecule has 0 atom stereocenters. The van der Waals surface area contributed by atoms with Crippen molar-refractivity contribution >= 4 is 34.7 Å². The number of nitrogens with one attached hydrogen (secondary N) is 3. The highest BCUT2D eigenvalue weighted by Crippen LogP contribution is 2.55. The second-order valence-electron chi connectivity index (χ2n) is 9.99. The molecule has 0 radical (unpaired) electrons. The van der Waals surface area contributed by atoms with Crippen LogP contribution in [0.2, 0.25) is 0 Å². The maximum atomic E-state index is 12.6. The van der Waals surface area contributed by atoms with E-state index in [0.717, 1.165) is 36.7 Å². The Bertz CT molecular complexity index is 1280. The molecule has 0 spiro atoms. The van der Waals surface area contributed by atoms with Gasteiger partial charge in [0.15, 0.2) is 10.8 Å². The zero-order valence-corrected chi connectivity index (χ0v) is 19.4. The molecule has 1 aromatic carbocycles. The predicted octanol–water partition coefficient (Wildman–Crippen LogP) is 3.00. The second-order valence-corrected chi connectivity index (χ2v) is 11.0. The van der Waals surface area contributed by atoms with Crippen LogP contribution in [-0.2, 0) is 4.79 Å². The lowest BCUT2D eigenvalue weighted by atomic mass is 9.53. The highest BCUT2D eigenvalue weighted by atomic mass is 32.2. The molecule has 7 rings (SSSR count). The van der Waals surface area contributed by atoms with Crippen molar-refractivity contribution in [1.82, 2.24) is 30.4 Å². The molecule has 4 fully saturated rings. The minimum atomic E-state index is -0.424. The Labute approximate surface area is 200 Å². The molecular formula is C24H26N6O3S. The third kappa shape index (κ3) is 4.00. The number of benzene rings is 1. The Morgan fingerprint density at radius 3 is 2.44 bits per heavy atom. The fourth-order valence-corrected chi connectivity index (χ4v) is 7.21. The molecule has 0 aliphatic heterocycles. The van der Waals surface area contributed by atoms with Crippen LogP contribution in [0.1, 0.15) is 38.5 Å². The number of H-pyrrole nitrogens is 1. The summed E-state index contributed by atoms with van der Waals surface area (Å²) in [5, 5.41) is 10.6. The number of carbonyl (C=O) groups excluding carboxylic acids is 2. The van der Waals surface area contributed by atoms with Crippen LogP contribution < -0.4 is 16.2 Å². The zero-order chi connectivity index (χ0) is 23.3. The molecule has 2 heterocycles. The molecule has 2 aromatic heterocycles. The van der Waals surface area contributed by atoms with E-state index in [2.05, 4.69) is 25.7 Å². The van der Waals surface area contributed by atoms with Crippen molar-refractivity contribution in [3.05, 3.63) is 46.9 Å². The van der Waals surface area contributed by atoms with Gasteiger partial charge < -0.3 is 10.3 Å². The first-order valence-electron chi connectivity index (χ1n) is 11.7. The topological polar surface area (TPSA) is 122 Å². The van der Waals surface area contributed by atoms with Crippen LogP contribution in [0.4, 0.5) is 4.79 Å². The Hall–Kier alpha value is -3.14. The Morgan fingerprint density at radius 1 is 1.09 bits per heavy atom. The Kier molecular flexibility index (Phi) is 5.20. The molecular weight excluding hydrogens is 452 g/mol. The summed E-state index contributed by atoms with van der Waals surface area (Å²) >= 11 is 1.08. The lowest BCUT2D eigenvalue weighted by molar-refractivity contribution is -0.117. The largest absolute Gasteiger partial charge is 0.332 e. The summed E-state index contributed by atoms with van der Waals surface area (Å²) in [7, 11) is 0. The van der Waals surface area contributed by atoms with Crippen molar-refractivity contribution in [2.24, 2.45) is 17.8 Å². The molecule has 34 heavy (non-hydrogen) atoms. The van der Waals surface area contributed by atoms with Crippen LogP contribution in [0.15, 0.2) is 46.5 Å². The van der Waals surface area contributed by atoms with Crippen molar-refractivity contribution in [1.29, 1.82) is 0 Å². The maximum Gasteiger partial charge on any atom is 0.321 e. The van der Waals surface area contributed by atoms with E-state index in [1.54, 1.807) is 4.68 Å². The predicted molar refractivity (Wildman–Crippen MR) is 128 cm³/mol. The van der Waals surface area contributed by atoms with Crippen LogP contribution in [0.25, 0.3) is 16.7 Å². The molecule has 4 saturated carbocycles. The summed E-state index contributed by atoms with van der Waals surface area (Å²) in [5.41, 5.74) is 0.720. The quantitative estimate of drug-likeness (QED) is 0.383. The van der Waals surface area contributed by atoms with Crippen LogP contribution >= 0.6 is 11.8 Å². The summed E-state index contributed by atoms with van der Waals surface area (Å²) in [6, 6.07) is 8.98. The van der Waals surface area contributed by atoms with Crippen molar-refractivity contribution in [3.8, 4) is 5.69 Å². The molecule has 3 amide bonds. The molecule has 4 bridgehead atoms. The van der Waals surface area contributed by atoms with Gasteiger partial charge in [0.1, 0.15) is 5.39 Å². The molecule has 176 valence electrons. The molecule has 0 saturated heterocycles. The lowest BCUT2D eigenvalue weighted by Crippen LogP contribution is -2.61. The lowest BCUT2D eigenvalue weighted by Gasteiger charge is -2.56. The number of aromatic nitrogens is 4. The third-order valence-electron chi connectivity index (χ3n) is 7.43. The summed E-state index contributed by atoms with van der Waals surface area (Å²) in [4.78, 5) is 44.8. The Balaban J connectivity index is 1.10. The van der Waals surface area contributed by atoms with Gasteiger partial charge >= 0.3 is 6.03 Å². The number of nitrogens with zero attached hydrogens (tertiary/aromatic N) is 3. The number of amides is 3. The fraction of sp³-hybridized carbons (Fsp3) is 0.458. The number of hydrogen-bond acceptors (Lipinski definition) is 6. The molecule has 0 unspecified atom stereocenters. The fourth-order valence-electron chi connectivity index (χ4n) is 6.56. The van der Waals surface area contributed by atoms with E-state index in [1.807, 2.05) is 30.3 Å². The first kappa shape index (κ1) is 21.4. The van der Waals surface area contributed by atoms with Gasteiger partial charge in [-0.3, -0.25) is 14.9 Å². The summed E-state index contributed by atoms with van der Waals surface area (Å²) in [5.74, 6) is 1.66. The summed E-state index contributed by atoms with van der Waals surface area (Å²) in [6.45, 7) is 0. The standard InChI is InChI=1S/C24H26N6O3S/c31-19(26-22(33)29-24-9-14-6-15(10-24)8-16(7-14)11-24)13-34-23-27-20-18(21(32)28-23)12-25-30(20)17-4-2-1-3-5-17/h1-5,12,14-16H,6-11,13H2,(H,27,28,32)(H2,26,29,31,33).